The molecule has 0 saturated carbocycles. The van der Waals surface area contributed by atoms with E-state index in [0.717, 1.165) is 37.2 Å². The summed E-state index contributed by atoms with van der Waals surface area (Å²) >= 11 is 0. The SMILES string of the molecule is O=C1CC(C(=O)NC2CCN(c3ccccc3)CC2)c2ccccc2N1. The summed E-state index contributed by atoms with van der Waals surface area (Å²) in [5.41, 5.74) is 2.89. The number of carbonyl (C=O) groups is 2. The van der Waals surface area contributed by atoms with Crippen molar-refractivity contribution in [1.82, 2.24) is 5.32 Å². The summed E-state index contributed by atoms with van der Waals surface area (Å²) in [5, 5.41) is 6.02. The fourth-order valence-corrected chi connectivity index (χ4v) is 3.87. The van der Waals surface area contributed by atoms with Gasteiger partial charge in [-0.15, -0.1) is 0 Å². The van der Waals surface area contributed by atoms with Gasteiger partial charge in [0.2, 0.25) is 11.8 Å². The molecule has 0 aromatic heterocycles. The van der Waals surface area contributed by atoms with Crippen LogP contribution in [0.25, 0.3) is 0 Å². The van der Waals surface area contributed by atoms with Crippen molar-refractivity contribution in [3.05, 3.63) is 60.2 Å². The molecule has 1 fully saturated rings. The molecule has 2 N–H and O–H groups in total. The maximum atomic E-state index is 12.8. The number of amides is 2. The van der Waals surface area contributed by atoms with Gasteiger partial charge in [0.1, 0.15) is 0 Å². The van der Waals surface area contributed by atoms with E-state index in [1.54, 1.807) is 0 Å². The van der Waals surface area contributed by atoms with E-state index in [4.69, 9.17) is 0 Å². The van der Waals surface area contributed by atoms with Crippen LogP contribution in [-0.4, -0.2) is 30.9 Å². The third-order valence-corrected chi connectivity index (χ3v) is 5.28. The second kappa shape index (κ2) is 7.20. The Balaban J connectivity index is 1.38. The largest absolute Gasteiger partial charge is 0.371 e. The number of hydrogen-bond donors (Lipinski definition) is 2. The van der Waals surface area contributed by atoms with E-state index in [-0.39, 0.29) is 24.3 Å². The smallest absolute Gasteiger partial charge is 0.228 e. The molecule has 1 atom stereocenters. The molecule has 0 radical (unpaired) electrons. The molecule has 134 valence electrons. The van der Waals surface area contributed by atoms with Gasteiger partial charge in [0, 0.05) is 36.9 Å². The summed E-state index contributed by atoms with van der Waals surface area (Å²) in [5.74, 6) is -0.527. The van der Waals surface area contributed by atoms with Gasteiger partial charge in [-0.2, -0.15) is 0 Å². The fourth-order valence-electron chi connectivity index (χ4n) is 3.87. The van der Waals surface area contributed by atoms with Crippen molar-refractivity contribution in [3.63, 3.8) is 0 Å². The van der Waals surface area contributed by atoms with Crippen LogP contribution in [0, 0.1) is 0 Å². The number of para-hydroxylation sites is 2. The number of carbonyl (C=O) groups excluding carboxylic acids is 2. The van der Waals surface area contributed by atoms with Gasteiger partial charge in [-0.25, -0.2) is 0 Å². The quantitative estimate of drug-likeness (QED) is 0.896. The number of nitrogens with zero attached hydrogens (tertiary/aromatic N) is 1. The van der Waals surface area contributed by atoms with Crippen molar-refractivity contribution in [2.45, 2.75) is 31.2 Å². The monoisotopic (exact) mass is 349 g/mol. The summed E-state index contributed by atoms with van der Waals surface area (Å²) < 4.78 is 0. The van der Waals surface area contributed by atoms with Crippen LogP contribution in [0.3, 0.4) is 0 Å². The molecule has 1 unspecified atom stereocenters. The molecule has 5 heteroatoms. The molecule has 5 nitrogen and oxygen atoms in total. The first kappa shape index (κ1) is 16.6. The lowest BCUT2D eigenvalue weighted by Crippen LogP contribution is -2.46. The van der Waals surface area contributed by atoms with Gasteiger partial charge in [0.15, 0.2) is 0 Å². The fraction of sp³-hybridized carbons (Fsp3) is 0.333. The topological polar surface area (TPSA) is 61.4 Å². The maximum absolute atomic E-state index is 12.8. The average Bonchev–Trinajstić information content (AvgIpc) is 2.68. The summed E-state index contributed by atoms with van der Waals surface area (Å²) in [6.07, 6.45) is 2.05. The van der Waals surface area contributed by atoms with Crippen LogP contribution in [0.2, 0.25) is 0 Å². The first-order chi connectivity index (χ1) is 12.7. The minimum atomic E-state index is -0.396. The standard InChI is InChI=1S/C21H23N3O2/c25-20-14-18(17-8-4-5-9-19(17)23-20)21(26)22-15-10-12-24(13-11-15)16-6-2-1-3-7-16/h1-9,15,18H,10-14H2,(H,22,26)(H,23,25). The van der Waals surface area contributed by atoms with E-state index >= 15 is 0 Å². The normalized spacial score (nSPS) is 20.2. The molecule has 1 saturated heterocycles. The molecule has 2 aromatic carbocycles. The number of nitrogens with one attached hydrogen (secondary N) is 2. The van der Waals surface area contributed by atoms with E-state index in [9.17, 15) is 9.59 Å². The van der Waals surface area contributed by atoms with Crippen LogP contribution < -0.4 is 15.5 Å². The first-order valence-corrected chi connectivity index (χ1v) is 9.20. The van der Waals surface area contributed by atoms with Crippen molar-refractivity contribution in [3.8, 4) is 0 Å². The molecule has 2 amide bonds. The Hall–Kier alpha value is -2.82. The van der Waals surface area contributed by atoms with Gasteiger partial charge in [-0.05, 0) is 36.6 Å². The highest BCUT2D eigenvalue weighted by Crippen LogP contribution is 2.32. The van der Waals surface area contributed by atoms with Gasteiger partial charge in [0.25, 0.3) is 0 Å². The highest BCUT2D eigenvalue weighted by Gasteiger charge is 2.32. The second-order valence-electron chi connectivity index (χ2n) is 7.00. The molecule has 0 bridgehead atoms. The lowest BCUT2D eigenvalue weighted by atomic mass is 9.89. The van der Waals surface area contributed by atoms with Crippen LogP contribution in [-0.2, 0) is 9.59 Å². The second-order valence-corrected chi connectivity index (χ2v) is 7.00. The highest BCUT2D eigenvalue weighted by atomic mass is 16.2. The predicted octanol–water partition coefficient (Wildman–Crippen LogP) is 2.90. The highest BCUT2D eigenvalue weighted by molar-refractivity contribution is 6.01. The Kier molecular flexibility index (Phi) is 4.61. The molecular formula is C21H23N3O2. The van der Waals surface area contributed by atoms with E-state index in [1.807, 2.05) is 30.3 Å². The van der Waals surface area contributed by atoms with E-state index in [1.165, 1.54) is 5.69 Å². The van der Waals surface area contributed by atoms with Crippen molar-refractivity contribution < 1.29 is 9.59 Å². The Morgan fingerprint density at radius 3 is 2.46 bits per heavy atom. The molecule has 2 aliphatic heterocycles. The number of fused-ring (bicyclic) bond motifs is 1. The number of benzene rings is 2. The van der Waals surface area contributed by atoms with Crippen molar-refractivity contribution in [2.75, 3.05) is 23.3 Å². The third kappa shape index (κ3) is 3.43. The minimum Gasteiger partial charge on any atom is -0.371 e. The van der Waals surface area contributed by atoms with Gasteiger partial charge in [-0.1, -0.05) is 36.4 Å². The van der Waals surface area contributed by atoms with Crippen LogP contribution in [0.4, 0.5) is 11.4 Å². The minimum absolute atomic E-state index is 0.0366. The Morgan fingerprint density at radius 2 is 1.69 bits per heavy atom. The lowest BCUT2D eigenvalue weighted by molar-refractivity contribution is -0.127. The van der Waals surface area contributed by atoms with Gasteiger partial charge < -0.3 is 15.5 Å². The molecule has 4 rings (SSSR count). The molecule has 26 heavy (non-hydrogen) atoms. The summed E-state index contributed by atoms with van der Waals surface area (Å²) in [6, 6.07) is 18.1. The van der Waals surface area contributed by atoms with E-state index in [2.05, 4.69) is 39.8 Å². The lowest BCUT2D eigenvalue weighted by Gasteiger charge is -2.35. The number of piperidine rings is 1. The van der Waals surface area contributed by atoms with Gasteiger partial charge in [-0.3, -0.25) is 9.59 Å². The third-order valence-electron chi connectivity index (χ3n) is 5.28. The predicted molar refractivity (Wildman–Crippen MR) is 102 cm³/mol. The zero-order valence-electron chi connectivity index (χ0n) is 14.7. The molecule has 0 aliphatic carbocycles. The van der Waals surface area contributed by atoms with Gasteiger partial charge >= 0.3 is 0 Å². The first-order valence-electron chi connectivity index (χ1n) is 9.20. The Labute approximate surface area is 153 Å². The molecular weight excluding hydrogens is 326 g/mol. The summed E-state index contributed by atoms with van der Waals surface area (Å²) in [7, 11) is 0. The zero-order valence-corrected chi connectivity index (χ0v) is 14.7. The summed E-state index contributed by atoms with van der Waals surface area (Å²) in [6.45, 7) is 1.85. The van der Waals surface area contributed by atoms with Crippen molar-refractivity contribution >= 4 is 23.2 Å². The molecule has 2 aliphatic rings. The van der Waals surface area contributed by atoms with Crippen LogP contribution in [0.1, 0.15) is 30.7 Å². The zero-order chi connectivity index (χ0) is 17.9. The maximum Gasteiger partial charge on any atom is 0.228 e. The molecule has 0 spiro atoms. The van der Waals surface area contributed by atoms with E-state index in [0.29, 0.717) is 0 Å². The average molecular weight is 349 g/mol. The van der Waals surface area contributed by atoms with Crippen LogP contribution in [0.5, 0.6) is 0 Å². The van der Waals surface area contributed by atoms with Crippen LogP contribution >= 0.6 is 0 Å². The number of anilines is 2. The number of rotatable bonds is 3. The molecule has 2 heterocycles. The Morgan fingerprint density at radius 1 is 1.00 bits per heavy atom. The Bertz CT molecular complexity index is 798. The molecule has 2 aromatic rings. The van der Waals surface area contributed by atoms with E-state index < -0.39 is 5.92 Å². The number of hydrogen-bond acceptors (Lipinski definition) is 3. The van der Waals surface area contributed by atoms with Gasteiger partial charge in [0.05, 0.1) is 5.92 Å². The summed E-state index contributed by atoms with van der Waals surface area (Å²) in [4.78, 5) is 27.1. The van der Waals surface area contributed by atoms with Crippen LogP contribution in [0.15, 0.2) is 54.6 Å². The van der Waals surface area contributed by atoms with Crippen molar-refractivity contribution in [1.29, 1.82) is 0 Å². The van der Waals surface area contributed by atoms with Crippen molar-refractivity contribution in [2.24, 2.45) is 0 Å².